The number of carbonyl (C=O) groups excluding carboxylic acids is 2. The number of hydrogen-bond donors (Lipinski definition) is 0. The van der Waals surface area contributed by atoms with Crippen LogP contribution < -0.4 is 4.90 Å². The molecular formula is C26H32NO6P. The lowest BCUT2D eigenvalue weighted by Crippen LogP contribution is -2.46. The maximum absolute atomic E-state index is 14.2. The van der Waals surface area contributed by atoms with Gasteiger partial charge in [-0.15, -0.1) is 0 Å². The van der Waals surface area contributed by atoms with Crippen LogP contribution in [-0.4, -0.2) is 30.8 Å². The van der Waals surface area contributed by atoms with Gasteiger partial charge in [0.15, 0.2) is 0 Å². The third kappa shape index (κ3) is 4.74. The molecule has 2 aromatic carbocycles. The van der Waals surface area contributed by atoms with Crippen molar-refractivity contribution in [2.45, 2.75) is 52.1 Å². The van der Waals surface area contributed by atoms with Gasteiger partial charge in [0.2, 0.25) is 0 Å². The summed E-state index contributed by atoms with van der Waals surface area (Å²) >= 11 is 0. The minimum absolute atomic E-state index is 0.0660. The molecule has 0 N–H and O–H groups in total. The molecule has 0 spiro atoms. The van der Waals surface area contributed by atoms with Gasteiger partial charge in [-0.25, -0.2) is 9.69 Å². The summed E-state index contributed by atoms with van der Waals surface area (Å²) in [6, 6.07) is 16.2. The van der Waals surface area contributed by atoms with Gasteiger partial charge in [0.25, 0.3) is 5.91 Å². The average Bonchev–Trinajstić information content (AvgIpc) is 3.02. The Hall–Kier alpha value is -2.73. The summed E-state index contributed by atoms with van der Waals surface area (Å²) in [6.45, 7) is 13.0. The Kier molecular flexibility index (Phi) is 7.51. The number of amides is 2. The summed E-state index contributed by atoms with van der Waals surface area (Å²) < 4.78 is 30.1. The molecule has 0 saturated heterocycles. The first-order valence-electron chi connectivity index (χ1n) is 11.3. The van der Waals surface area contributed by atoms with Crippen LogP contribution in [0.4, 0.5) is 10.5 Å². The molecule has 0 aromatic heterocycles. The summed E-state index contributed by atoms with van der Waals surface area (Å²) in [5, 5.41) is 0.161. The number of imide groups is 1. The fourth-order valence-corrected chi connectivity index (χ4v) is 5.72. The SMILES string of the molecule is C=C(C[C@]1(c2ccccc2)C(=O)N(C(=O)OC(C)(C)C)c2ccccc21)P(=O)(OCC)OCC. The number of anilines is 1. The van der Waals surface area contributed by atoms with Gasteiger partial charge in [-0.3, -0.25) is 9.36 Å². The van der Waals surface area contributed by atoms with E-state index in [2.05, 4.69) is 6.58 Å². The summed E-state index contributed by atoms with van der Waals surface area (Å²) in [7, 11) is -3.72. The number of ether oxygens (including phenoxy) is 1. The highest BCUT2D eigenvalue weighted by molar-refractivity contribution is 7.58. The van der Waals surface area contributed by atoms with Crippen LogP contribution in [0, 0.1) is 0 Å². The minimum Gasteiger partial charge on any atom is -0.443 e. The van der Waals surface area contributed by atoms with Crippen LogP contribution in [0.3, 0.4) is 0 Å². The molecule has 0 fully saturated rings. The van der Waals surface area contributed by atoms with Gasteiger partial charge in [0.05, 0.1) is 18.9 Å². The topological polar surface area (TPSA) is 82.1 Å². The minimum atomic E-state index is -3.72. The first-order chi connectivity index (χ1) is 16.0. The Bertz CT molecular complexity index is 1110. The van der Waals surface area contributed by atoms with Crippen LogP contribution in [0.5, 0.6) is 0 Å². The first-order valence-corrected chi connectivity index (χ1v) is 12.8. The number of fused-ring (bicyclic) bond motifs is 1. The second-order valence-corrected chi connectivity index (χ2v) is 11.1. The van der Waals surface area contributed by atoms with Crippen molar-refractivity contribution in [3.63, 3.8) is 0 Å². The number of para-hydroxylation sites is 1. The summed E-state index contributed by atoms with van der Waals surface area (Å²) in [4.78, 5) is 28.5. The van der Waals surface area contributed by atoms with Crippen molar-refractivity contribution in [1.29, 1.82) is 0 Å². The number of allylic oxidation sites excluding steroid dienone is 1. The van der Waals surface area contributed by atoms with Crippen LogP contribution >= 0.6 is 7.60 Å². The Morgan fingerprint density at radius 3 is 2.12 bits per heavy atom. The Morgan fingerprint density at radius 2 is 1.56 bits per heavy atom. The van der Waals surface area contributed by atoms with Gasteiger partial charge in [-0.05, 0) is 51.8 Å². The number of nitrogens with zero attached hydrogens (tertiary/aromatic N) is 1. The molecule has 0 unspecified atom stereocenters. The lowest BCUT2D eigenvalue weighted by atomic mass is 9.73. The lowest BCUT2D eigenvalue weighted by molar-refractivity contribution is -0.121. The van der Waals surface area contributed by atoms with E-state index in [1.807, 2.05) is 30.3 Å². The van der Waals surface area contributed by atoms with Gasteiger partial charge < -0.3 is 13.8 Å². The molecular weight excluding hydrogens is 453 g/mol. The molecule has 0 radical (unpaired) electrons. The predicted molar refractivity (Wildman–Crippen MR) is 132 cm³/mol. The molecule has 1 aliphatic rings. The van der Waals surface area contributed by atoms with E-state index in [9.17, 15) is 14.2 Å². The smallest absolute Gasteiger partial charge is 0.421 e. The number of benzene rings is 2. The van der Waals surface area contributed by atoms with Gasteiger partial charge in [0.1, 0.15) is 11.0 Å². The molecule has 2 aromatic rings. The highest BCUT2D eigenvalue weighted by atomic mass is 31.2. The molecule has 1 heterocycles. The van der Waals surface area contributed by atoms with Crippen molar-refractivity contribution in [2.24, 2.45) is 0 Å². The largest absolute Gasteiger partial charge is 0.443 e. The molecule has 0 saturated carbocycles. The fourth-order valence-electron chi connectivity index (χ4n) is 4.17. The van der Waals surface area contributed by atoms with E-state index in [0.29, 0.717) is 16.8 Å². The van der Waals surface area contributed by atoms with Gasteiger partial charge in [-0.2, -0.15) is 0 Å². The monoisotopic (exact) mass is 485 g/mol. The van der Waals surface area contributed by atoms with Crippen LogP contribution in [0.1, 0.15) is 52.2 Å². The van der Waals surface area contributed by atoms with Gasteiger partial charge in [-0.1, -0.05) is 55.1 Å². The second-order valence-electron chi connectivity index (χ2n) is 8.99. The van der Waals surface area contributed by atoms with E-state index in [0.717, 1.165) is 4.90 Å². The zero-order chi connectivity index (χ0) is 25.1. The lowest BCUT2D eigenvalue weighted by Gasteiger charge is -2.32. The Morgan fingerprint density at radius 1 is 1.00 bits per heavy atom. The van der Waals surface area contributed by atoms with E-state index in [4.69, 9.17) is 13.8 Å². The van der Waals surface area contributed by atoms with Crippen molar-refractivity contribution < 1.29 is 27.9 Å². The zero-order valence-electron chi connectivity index (χ0n) is 20.4. The molecule has 8 heteroatoms. The summed E-state index contributed by atoms with van der Waals surface area (Å²) in [6.07, 6.45) is -0.838. The Labute approximate surface area is 201 Å². The second kappa shape index (κ2) is 9.87. The third-order valence-electron chi connectivity index (χ3n) is 5.47. The van der Waals surface area contributed by atoms with Crippen molar-refractivity contribution in [2.75, 3.05) is 18.1 Å². The van der Waals surface area contributed by atoms with E-state index in [1.165, 1.54) is 0 Å². The molecule has 182 valence electrons. The maximum atomic E-state index is 14.2. The number of carbonyl (C=O) groups is 2. The van der Waals surface area contributed by atoms with Crippen LogP contribution in [0.25, 0.3) is 0 Å². The van der Waals surface area contributed by atoms with Crippen LogP contribution in [0.2, 0.25) is 0 Å². The summed E-state index contributed by atoms with van der Waals surface area (Å²) in [5.41, 5.74) is -0.513. The van der Waals surface area contributed by atoms with E-state index >= 15 is 0 Å². The van der Waals surface area contributed by atoms with E-state index in [-0.39, 0.29) is 24.9 Å². The fraction of sp³-hybridized carbons (Fsp3) is 0.385. The summed E-state index contributed by atoms with van der Waals surface area (Å²) in [5.74, 6) is -0.505. The van der Waals surface area contributed by atoms with E-state index in [1.54, 1.807) is 58.9 Å². The molecule has 3 rings (SSSR count). The Balaban J connectivity index is 2.21. The van der Waals surface area contributed by atoms with Crippen LogP contribution in [-0.2, 0) is 28.6 Å². The normalized spacial score (nSPS) is 18.0. The molecule has 34 heavy (non-hydrogen) atoms. The maximum Gasteiger partial charge on any atom is 0.421 e. The number of rotatable bonds is 8. The number of hydrogen-bond acceptors (Lipinski definition) is 6. The molecule has 1 aliphatic heterocycles. The van der Waals surface area contributed by atoms with Crippen molar-refractivity contribution in [1.82, 2.24) is 0 Å². The molecule has 2 amide bonds. The molecule has 1 atom stereocenters. The molecule has 7 nitrogen and oxygen atoms in total. The molecule has 0 bridgehead atoms. The first kappa shape index (κ1) is 25.9. The predicted octanol–water partition coefficient (Wildman–Crippen LogP) is 6.42. The highest BCUT2D eigenvalue weighted by Gasteiger charge is 2.56. The van der Waals surface area contributed by atoms with Crippen molar-refractivity contribution in [3.8, 4) is 0 Å². The average molecular weight is 486 g/mol. The standard InChI is InChI=1S/C26H32NO6P/c1-7-31-34(30,32-8-2)19(3)18-26(20-14-10-9-11-15-20)21-16-12-13-17-22(21)27(23(26)28)24(29)33-25(4,5)6/h9-17H,3,7-8,18H2,1-2,4-6H3/t26-/m1/s1. The van der Waals surface area contributed by atoms with E-state index < -0.39 is 30.6 Å². The van der Waals surface area contributed by atoms with Gasteiger partial charge >= 0.3 is 13.7 Å². The quantitative estimate of drug-likeness (QED) is 0.401. The van der Waals surface area contributed by atoms with Crippen LogP contribution in [0.15, 0.2) is 66.5 Å². The molecule has 0 aliphatic carbocycles. The highest BCUT2D eigenvalue weighted by Crippen LogP contribution is 2.61. The third-order valence-corrected chi connectivity index (χ3v) is 7.60. The van der Waals surface area contributed by atoms with Crippen molar-refractivity contribution >= 4 is 25.3 Å². The van der Waals surface area contributed by atoms with Gasteiger partial charge in [0, 0.05) is 11.7 Å². The van der Waals surface area contributed by atoms with Crippen molar-refractivity contribution in [3.05, 3.63) is 77.6 Å². The zero-order valence-corrected chi connectivity index (χ0v) is 21.3.